The fraction of sp³-hybridized carbons (Fsp3) is 0.364. The van der Waals surface area contributed by atoms with Crippen molar-refractivity contribution in [1.82, 2.24) is 14.9 Å². The van der Waals surface area contributed by atoms with Gasteiger partial charge in [-0.2, -0.15) is 0 Å². The number of benzene rings is 2. The number of piperidine rings is 1. The summed E-state index contributed by atoms with van der Waals surface area (Å²) in [4.78, 5) is 11.6. The molecule has 2 N–H and O–H groups in total. The molecule has 1 fully saturated rings. The van der Waals surface area contributed by atoms with E-state index in [1.54, 1.807) is 7.11 Å². The molecule has 3 aromatic rings. The maximum atomic E-state index is 6.16. The standard InChI is InChI=1S/C22H26N4O2/c1-15-7-8-18-17(13-15)22(23)25-21(24-18)14-26-11-9-16(10-12-26)28-20-6-4-3-5-19(20)27-2/h3-8,13,16H,9-12,14H2,1-2H3,(H2,23,24,25). The number of aryl methyl sites for hydroxylation is 1. The van der Waals surface area contributed by atoms with E-state index >= 15 is 0 Å². The lowest BCUT2D eigenvalue weighted by molar-refractivity contribution is 0.0930. The van der Waals surface area contributed by atoms with Gasteiger partial charge in [-0.3, -0.25) is 4.90 Å². The quantitative estimate of drug-likeness (QED) is 0.732. The van der Waals surface area contributed by atoms with Crippen LogP contribution in [0.15, 0.2) is 42.5 Å². The van der Waals surface area contributed by atoms with E-state index in [1.807, 2.05) is 43.3 Å². The van der Waals surface area contributed by atoms with Crippen LogP contribution in [0.5, 0.6) is 11.5 Å². The molecule has 146 valence electrons. The zero-order chi connectivity index (χ0) is 19.5. The topological polar surface area (TPSA) is 73.5 Å². The number of methoxy groups -OCH3 is 1. The first kappa shape index (κ1) is 18.5. The van der Waals surface area contributed by atoms with E-state index in [4.69, 9.17) is 20.2 Å². The largest absolute Gasteiger partial charge is 0.493 e. The Hall–Kier alpha value is -2.86. The van der Waals surface area contributed by atoms with Crippen LogP contribution >= 0.6 is 0 Å². The molecule has 0 atom stereocenters. The van der Waals surface area contributed by atoms with Crippen LogP contribution in [0.1, 0.15) is 24.2 Å². The van der Waals surface area contributed by atoms with Crippen LogP contribution in [0, 0.1) is 6.92 Å². The third kappa shape index (κ3) is 4.02. The van der Waals surface area contributed by atoms with E-state index in [2.05, 4.69) is 16.0 Å². The Kier molecular flexibility index (Phi) is 5.30. The lowest BCUT2D eigenvalue weighted by Gasteiger charge is -2.32. The van der Waals surface area contributed by atoms with Gasteiger partial charge in [0.05, 0.1) is 19.2 Å². The van der Waals surface area contributed by atoms with E-state index in [1.165, 1.54) is 0 Å². The maximum Gasteiger partial charge on any atom is 0.161 e. The molecule has 0 radical (unpaired) electrons. The summed E-state index contributed by atoms with van der Waals surface area (Å²) in [6.07, 6.45) is 2.11. The summed E-state index contributed by atoms with van der Waals surface area (Å²) in [5.74, 6) is 2.92. The van der Waals surface area contributed by atoms with E-state index in [0.29, 0.717) is 12.4 Å². The van der Waals surface area contributed by atoms with Crippen LogP contribution in [0.2, 0.25) is 0 Å². The third-order valence-corrected chi connectivity index (χ3v) is 5.19. The number of anilines is 1. The molecule has 1 aromatic heterocycles. The van der Waals surface area contributed by atoms with Crippen LogP contribution in [0.25, 0.3) is 10.9 Å². The maximum absolute atomic E-state index is 6.16. The highest BCUT2D eigenvalue weighted by molar-refractivity contribution is 5.88. The number of hydrogen-bond donors (Lipinski definition) is 1. The zero-order valence-corrected chi connectivity index (χ0v) is 16.4. The molecule has 0 saturated carbocycles. The Labute approximate surface area is 165 Å². The minimum atomic E-state index is 0.193. The normalized spacial score (nSPS) is 15.6. The van der Waals surface area contributed by atoms with Gasteiger partial charge < -0.3 is 15.2 Å². The van der Waals surface area contributed by atoms with Crippen molar-refractivity contribution in [1.29, 1.82) is 0 Å². The van der Waals surface area contributed by atoms with Gasteiger partial charge in [0.25, 0.3) is 0 Å². The first-order chi connectivity index (χ1) is 13.6. The van der Waals surface area contributed by atoms with Crippen LogP contribution in [-0.4, -0.2) is 41.2 Å². The highest BCUT2D eigenvalue weighted by Gasteiger charge is 2.22. The molecule has 0 spiro atoms. The number of nitrogen functional groups attached to an aromatic ring is 1. The highest BCUT2D eigenvalue weighted by atomic mass is 16.5. The lowest BCUT2D eigenvalue weighted by atomic mass is 10.1. The van der Waals surface area contributed by atoms with Crippen molar-refractivity contribution in [3.63, 3.8) is 0 Å². The Morgan fingerprint density at radius 2 is 1.82 bits per heavy atom. The molecule has 0 unspecified atom stereocenters. The number of hydrogen-bond acceptors (Lipinski definition) is 6. The molecule has 2 aromatic carbocycles. The van der Waals surface area contributed by atoms with Gasteiger partial charge in [-0.1, -0.05) is 23.8 Å². The molecule has 4 rings (SSSR count). The number of fused-ring (bicyclic) bond motifs is 1. The van der Waals surface area contributed by atoms with Crippen molar-refractivity contribution in [2.75, 3.05) is 25.9 Å². The Morgan fingerprint density at radius 1 is 1.07 bits per heavy atom. The summed E-state index contributed by atoms with van der Waals surface area (Å²) in [5, 5.41) is 0.924. The number of nitrogens with zero attached hydrogens (tertiary/aromatic N) is 3. The Balaban J connectivity index is 1.38. The van der Waals surface area contributed by atoms with Crippen molar-refractivity contribution in [3.8, 4) is 11.5 Å². The van der Waals surface area contributed by atoms with Gasteiger partial charge in [-0.15, -0.1) is 0 Å². The van der Waals surface area contributed by atoms with Gasteiger partial charge in [-0.05, 0) is 44.0 Å². The monoisotopic (exact) mass is 378 g/mol. The number of likely N-dealkylation sites (tertiary alicyclic amines) is 1. The molecule has 0 bridgehead atoms. The predicted molar refractivity (Wildman–Crippen MR) is 111 cm³/mol. The molecule has 1 aliphatic rings. The molecule has 28 heavy (non-hydrogen) atoms. The average molecular weight is 378 g/mol. The third-order valence-electron chi connectivity index (χ3n) is 5.19. The molecule has 0 amide bonds. The first-order valence-electron chi connectivity index (χ1n) is 9.67. The zero-order valence-electron chi connectivity index (χ0n) is 16.4. The summed E-state index contributed by atoms with van der Waals surface area (Å²) >= 11 is 0. The highest BCUT2D eigenvalue weighted by Crippen LogP contribution is 2.29. The fourth-order valence-corrected chi connectivity index (χ4v) is 3.67. The summed E-state index contributed by atoms with van der Waals surface area (Å²) < 4.78 is 11.5. The second-order valence-electron chi connectivity index (χ2n) is 7.29. The molecular weight excluding hydrogens is 352 g/mol. The summed E-state index contributed by atoms with van der Waals surface area (Å²) in [6.45, 7) is 4.63. The smallest absolute Gasteiger partial charge is 0.161 e. The van der Waals surface area contributed by atoms with Crippen molar-refractivity contribution >= 4 is 16.7 Å². The number of rotatable bonds is 5. The van der Waals surface area contributed by atoms with Crippen LogP contribution in [-0.2, 0) is 6.54 Å². The van der Waals surface area contributed by atoms with Crippen molar-refractivity contribution < 1.29 is 9.47 Å². The summed E-state index contributed by atoms with van der Waals surface area (Å²) in [7, 11) is 1.67. The van der Waals surface area contributed by atoms with Crippen molar-refractivity contribution in [2.45, 2.75) is 32.4 Å². The molecule has 1 saturated heterocycles. The summed E-state index contributed by atoms with van der Waals surface area (Å²) in [5.41, 5.74) is 8.23. The van der Waals surface area contributed by atoms with Gasteiger partial charge in [0.1, 0.15) is 17.7 Å². The minimum absolute atomic E-state index is 0.193. The van der Waals surface area contributed by atoms with E-state index in [-0.39, 0.29) is 6.10 Å². The van der Waals surface area contributed by atoms with Crippen molar-refractivity contribution in [3.05, 3.63) is 53.9 Å². The molecule has 1 aliphatic heterocycles. The van der Waals surface area contributed by atoms with Gasteiger partial charge in [0, 0.05) is 18.5 Å². The minimum Gasteiger partial charge on any atom is -0.493 e. The van der Waals surface area contributed by atoms with Gasteiger partial charge >= 0.3 is 0 Å². The predicted octanol–water partition coefficient (Wildman–Crippen LogP) is 3.57. The second-order valence-corrected chi connectivity index (χ2v) is 7.29. The first-order valence-corrected chi connectivity index (χ1v) is 9.67. The molecular formula is C22H26N4O2. The van der Waals surface area contributed by atoms with Gasteiger partial charge in [-0.25, -0.2) is 9.97 Å². The number of para-hydroxylation sites is 2. The van der Waals surface area contributed by atoms with Crippen molar-refractivity contribution in [2.24, 2.45) is 0 Å². The molecule has 6 nitrogen and oxygen atoms in total. The molecule has 2 heterocycles. The summed E-state index contributed by atoms with van der Waals surface area (Å²) in [6, 6.07) is 13.9. The Bertz CT molecular complexity index is 968. The number of aromatic nitrogens is 2. The SMILES string of the molecule is COc1ccccc1OC1CCN(Cc2nc(N)c3cc(C)ccc3n2)CC1. The Morgan fingerprint density at radius 3 is 2.57 bits per heavy atom. The lowest BCUT2D eigenvalue weighted by Crippen LogP contribution is -2.38. The van der Waals surface area contributed by atoms with Crippen LogP contribution in [0.3, 0.4) is 0 Å². The second kappa shape index (κ2) is 8.02. The number of ether oxygens (including phenoxy) is 2. The molecule has 6 heteroatoms. The van der Waals surface area contributed by atoms with Gasteiger partial charge in [0.15, 0.2) is 11.5 Å². The van der Waals surface area contributed by atoms with E-state index in [9.17, 15) is 0 Å². The van der Waals surface area contributed by atoms with Crippen LogP contribution < -0.4 is 15.2 Å². The molecule has 0 aliphatic carbocycles. The number of nitrogens with two attached hydrogens (primary N) is 1. The van der Waals surface area contributed by atoms with E-state index < -0.39 is 0 Å². The fourth-order valence-electron chi connectivity index (χ4n) is 3.67. The van der Waals surface area contributed by atoms with Crippen LogP contribution in [0.4, 0.5) is 5.82 Å². The van der Waals surface area contributed by atoms with Gasteiger partial charge in [0.2, 0.25) is 0 Å². The average Bonchev–Trinajstić information content (AvgIpc) is 2.70. The van der Waals surface area contributed by atoms with E-state index in [0.717, 1.165) is 59.7 Å².